The average molecular weight is 261 g/mol. The van der Waals surface area contributed by atoms with E-state index in [2.05, 4.69) is 57.3 Å². The molecule has 0 spiro atoms. The molecule has 0 fully saturated rings. The van der Waals surface area contributed by atoms with Crippen molar-refractivity contribution in [2.24, 2.45) is 5.92 Å². The zero-order valence-corrected chi connectivity index (χ0v) is 13.2. The van der Waals surface area contributed by atoms with Crippen LogP contribution < -0.4 is 5.32 Å². The third-order valence-electron chi connectivity index (χ3n) is 4.01. The van der Waals surface area contributed by atoms with Gasteiger partial charge in [-0.15, -0.1) is 0 Å². The first-order valence-corrected chi connectivity index (χ1v) is 8.01. The van der Waals surface area contributed by atoms with Crippen LogP contribution in [-0.4, -0.2) is 6.54 Å². The molecule has 0 radical (unpaired) electrons. The summed E-state index contributed by atoms with van der Waals surface area (Å²) in [7, 11) is 0. The van der Waals surface area contributed by atoms with E-state index < -0.39 is 0 Å². The van der Waals surface area contributed by atoms with Crippen LogP contribution in [0.1, 0.15) is 70.0 Å². The molecule has 2 unspecified atom stereocenters. The maximum Gasteiger partial charge on any atom is 0.0322 e. The van der Waals surface area contributed by atoms with Crippen molar-refractivity contribution in [1.82, 2.24) is 5.32 Å². The number of nitrogens with one attached hydrogen (secondary N) is 1. The Morgan fingerprint density at radius 3 is 2.53 bits per heavy atom. The normalized spacial score (nSPS) is 14.3. The van der Waals surface area contributed by atoms with Crippen LogP contribution in [0.15, 0.2) is 24.3 Å². The SMILES string of the molecule is CCCCC(CC)CC(NCC)c1cccc(C)c1. The van der Waals surface area contributed by atoms with Crippen LogP contribution >= 0.6 is 0 Å². The molecule has 0 aliphatic rings. The van der Waals surface area contributed by atoms with E-state index in [1.54, 1.807) is 0 Å². The Labute approximate surface area is 119 Å². The van der Waals surface area contributed by atoms with Crippen molar-refractivity contribution in [3.63, 3.8) is 0 Å². The summed E-state index contributed by atoms with van der Waals surface area (Å²) in [6, 6.07) is 9.49. The molecule has 0 heterocycles. The van der Waals surface area contributed by atoms with Gasteiger partial charge < -0.3 is 5.32 Å². The van der Waals surface area contributed by atoms with Crippen molar-refractivity contribution < 1.29 is 0 Å². The van der Waals surface area contributed by atoms with Crippen molar-refractivity contribution in [3.8, 4) is 0 Å². The monoisotopic (exact) mass is 261 g/mol. The minimum absolute atomic E-state index is 0.520. The molecule has 0 aromatic heterocycles. The standard InChI is InChI=1S/C18H31N/c1-5-8-11-16(6-2)14-18(19-7-3)17-12-9-10-15(4)13-17/h9-10,12-13,16,18-19H,5-8,11,14H2,1-4H3. The molecule has 2 atom stereocenters. The predicted octanol–water partition coefficient (Wildman–Crippen LogP) is 5.25. The molecule has 0 aliphatic carbocycles. The van der Waals surface area contributed by atoms with E-state index in [0.717, 1.165) is 12.5 Å². The fourth-order valence-corrected chi connectivity index (χ4v) is 2.79. The number of rotatable bonds is 9. The Hall–Kier alpha value is -0.820. The average Bonchev–Trinajstić information content (AvgIpc) is 2.42. The van der Waals surface area contributed by atoms with Gasteiger partial charge in [0.05, 0.1) is 0 Å². The largest absolute Gasteiger partial charge is 0.310 e. The first-order chi connectivity index (χ1) is 9.21. The molecule has 0 saturated heterocycles. The summed E-state index contributed by atoms with van der Waals surface area (Å²) in [5.41, 5.74) is 2.82. The molecule has 0 amide bonds. The Morgan fingerprint density at radius 2 is 1.95 bits per heavy atom. The number of benzene rings is 1. The van der Waals surface area contributed by atoms with Gasteiger partial charge >= 0.3 is 0 Å². The van der Waals surface area contributed by atoms with Gasteiger partial charge in [0.15, 0.2) is 0 Å². The van der Waals surface area contributed by atoms with Gasteiger partial charge in [-0.1, -0.05) is 76.3 Å². The van der Waals surface area contributed by atoms with Crippen molar-refractivity contribution in [2.45, 2.75) is 65.8 Å². The maximum atomic E-state index is 3.67. The van der Waals surface area contributed by atoms with Crippen LogP contribution in [0, 0.1) is 12.8 Å². The summed E-state index contributed by atoms with van der Waals surface area (Å²) in [6.07, 6.45) is 6.63. The summed E-state index contributed by atoms with van der Waals surface area (Å²) < 4.78 is 0. The first kappa shape index (κ1) is 16.2. The molecule has 1 heteroatoms. The van der Waals surface area contributed by atoms with Gasteiger partial charge in [-0.3, -0.25) is 0 Å². The van der Waals surface area contributed by atoms with Crippen molar-refractivity contribution >= 4 is 0 Å². The highest BCUT2D eigenvalue weighted by atomic mass is 14.9. The third kappa shape index (κ3) is 5.78. The fourth-order valence-electron chi connectivity index (χ4n) is 2.79. The lowest BCUT2D eigenvalue weighted by Crippen LogP contribution is -2.23. The molecule has 0 bridgehead atoms. The number of aryl methyl sites for hydroxylation is 1. The fraction of sp³-hybridized carbons (Fsp3) is 0.667. The second kappa shape index (κ2) is 9.14. The van der Waals surface area contributed by atoms with E-state index >= 15 is 0 Å². The topological polar surface area (TPSA) is 12.0 Å². The van der Waals surface area contributed by atoms with Crippen molar-refractivity contribution in [2.75, 3.05) is 6.54 Å². The number of hydrogen-bond acceptors (Lipinski definition) is 1. The van der Waals surface area contributed by atoms with Gasteiger partial charge in [0.1, 0.15) is 0 Å². The van der Waals surface area contributed by atoms with Crippen LogP contribution in [0.25, 0.3) is 0 Å². The van der Waals surface area contributed by atoms with E-state index in [4.69, 9.17) is 0 Å². The van der Waals surface area contributed by atoms with E-state index in [1.807, 2.05) is 0 Å². The molecule has 1 nitrogen and oxygen atoms in total. The van der Waals surface area contributed by atoms with Gasteiger partial charge in [0.25, 0.3) is 0 Å². The highest BCUT2D eigenvalue weighted by Gasteiger charge is 2.16. The van der Waals surface area contributed by atoms with Crippen LogP contribution in [0.4, 0.5) is 0 Å². The highest BCUT2D eigenvalue weighted by Crippen LogP contribution is 2.27. The molecular weight excluding hydrogens is 230 g/mol. The summed E-state index contributed by atoms with van der Waals surface area (Å²) in [5.74, 6) is 0.851. The van der Waals surface area contributed by atoms with Gasteiger partial charge in [0.2, 0.25) is 0 Å². The maximum absolute atomic E-state index is 3.67. The quantitative estimate of drug-likeness (QED) is 0.640. The van der Waals surface area contributed by atoms with Gasteiger partial charge in [-0.05, 0) is 31.4 Å². The second-order valence-corrected chi connectivity index (χ2v) is 5.68. The van der Waals surface area contributed by atoms with Crippen LogP contribution in [0.3, 0.4) is 0 Å². The lowest BCUT2D eigenvalue weighted by atomic mass is 9.89. The minimum atomic E-state index is 0.520. The lowest BCUT2D eigenvalue weighted by Gasteiger charge is -2.24. The minimum Gasteiger partial charge on any atom is -0.310 e. The molecule has 0 aliphatic heterocycles. The molecule has 1 aromatic rings. The molecule has 19 heavy (non-hydrogen) atoms. The summed E-state index contributed by atoms with van der Waals surface area (Å²) >= 11 is 0. The smallest absolute Gasteiger partial charge is 0.0322 e. The van der Waals surface area contributed by atoms with E-state index in [-0.39, 0.29) is 0 Å². The molecule has 1 N–H and O–H groups in total. The third-order valence-corrected chi connectivity index (χ3v) is 4.01. The first-order valence-electron chi connectivity index (χ1n) is 8.01. The Balaban J connectivity index is 2.70. The lowest BCUT2D eigenvalue weighted by molar-refractivity contribution is 0.357. The number of unbranched alkanes of at least 4 members (excludes halogenated alkanes) is 1. The van der Waals surface area contributed by atoms with Crippen molar-refractivity contribution in [1.29, 1.82) is 0 Å². The van der Waals surface area contributed by atoms with Crippen LogP contribution in [-0.2, 0) is 0 Å². The van der Waals surface area contributed by atoms with Gasteiger partial charge in [-0.2, -0.15) is 0 Å². The second-order valence-electron chi connectivity index (χ2n) is 5.68. The van der Waals surface area contributed by atoms with Crippen LogP contribution in [0.5, 0.6) is 0 Å². The Kier molecular flexibility index (Phi) is 7.81. The van der Waals surface area contributed by atoms with E-state index in [0.29, 0.717) is 6.04 Å². The van der Waals surface area contributed by atoms with Gasteiger partial charge in [0, 0.05) is 6.04 Å². The highest BCUT2D eigenvalue weighted by molar-refractivity contribution is 5.25. The van der Waals surface area contributed by atoms with Gasteiger partial charge in [-0.25, -0.2) is 0 Å². The molecule has 1 rings (SSSR count). The van der Waals surface area contributed by atoms with Crippen molar-refractivity contribution in [3.05, 3.63) is 35.4 Å². The Bertz CT molecular complexity index is 345. The summed E-state index contributed by atoms with van der Waals surface area (Å²) in [5, 5.41) is 3.67. The molecule has 0 saturated carbocycles. The molecule has 108 valence electrons. The predicted molar refractivity (Wildman–Crippen MR) is 85.5 cm³/mol. The zero-order valence-electron chi connectivity index (χ0n) is 13.2. The van der Waals surface area contributed by atoms with E-state index in [9.17, 15) is 0 Å². The molecular formula is C18H31N. The number of hydrogen-bond donors (Lipinski definition) is 1. The summed E-state index contributed by atoms with van der Waals surface area (Å²) in [4.78, 5) is 0. The van der Waals surface area contributed by atoms with Crippen LogP contribution in [0.2, 0.25) is 0 Å². The summed E-state index contributed by atoms with van der Waals surface area (Å²) in [6.45, 7) is 10.0. The zero-order chi connectivity index (χ0) is 14.1. The molecule has 1 aromatic carbocycles. The van der Waals surface area contributed by atoms with E-state index in [1.165, 1.54) is 43.2 Å². The Morgan fingerprint density at radius 1 is 1.16 bits per heavy atom.